The summed E-state index contributed by atoms with van der Waals surface area (Å²) in [5, 5.41) is 10.0. The monoisotopic (exact) mass is 660 g/mol. The van der Waals surface area contributed by atoms with Crippen LogP contribution in [0.1, 0.15) is 0 Å². The maximum Gasteiger partial charge on any atom is 0.0641 e. The van der Waals surface area contributed by atoms with Crippen molar-refractivity contribution in [2.24, 2.45) is 0 Å². The van der Waals surface area contributed by atoms with Crippen molar-refractivity contribution in [3.63, 3.8) is 0 Å². The number of hydrogen-bond acceptors (Lipinski definition) is 0. The summed E-state index contributed by atoms with van der Waals surface area (Å²) in [6.45, 7) is 0. The molecule has 2 nitrogen and oxygen atoms in total. The Bertz CT molecular complexity index is 3160. The molecule has 11 rings (SSSR count). The van der Waals surface area contributed by atoms with Crippen LogP contribution in [0.25, 0.3) is 98.8 Å². The third-order valence-electron chi connectivity index (χ3n) is 10.9. The molecule has 0 radical (unpaired) electrons. The van der Waals surface area contributed by atoms with Crippen molar-refractivity contribution in [3.05, 3.63) is 194 Å². The first-order valence-corrected chi connectivity index (χ1v) is 17.9. The van der Waals surface area contributed by atoms with Crippen molar-refractivity contribution in [2.75, 3.05) is 0 Å². The number of hydrogen-bond donors (Lipinski definition) is 0. The van der Waals surface area contributed by atoms with E-state index >= 15 is 0 Å². The fraction of sp³-hybridized carbons (Fsp3) is 0. The van der Waals surface area contributed by atoms with E-state index in [9.17, 15) is 0 Å². The molecule has 9 aromatic carbocycles. The minimum atomic E-state index is 1.15. The Hall–Kier alpha value is -6.90. The highest BCUT2D eigenvalue weighted by Gasteiger charge is 2.21. The highest BCUT2D eigenvalue weighted by Crippen LogP contribution is 2.42. The summed E-state index contributed by atoms with van der Waals surface area (Å²) < 4.78 is 4.91. The van der Waals surface area contributed by atoms with Crippen LogP contribution in [0.3, 0.4) is 0 Å². The Balaban J connectivity index is 1.08. The first kappa shape index (κ1) is 28.9. The maximum atomic E-state index is 2.47. The Morgan fingerprint density at radius 1 is 0.269 bits per heavy atom. The van der Waals surface area contributed by atoms with Gasteiger partial charge in [-0.15, -0.1) is 0 Å². The van der Waals surface area contributed by atoms with E-state index in [1.807, 2.05) is 0 Å². The van der Waals surface area contributed by atoms with Gasteiger partial charge < -0.3 is 9.13 Å². The Labute approximate surface area is 301 Å². The van der Waals surface area contributed by atoms with Gasteiger partial charge in [-0.2, -0.15) is 0 Å². The maximum absolute atomic E-state index is 2.47. The fourth-order valence-corrected chi connectivity index (χ4v) is 8.41. The van der Waals surface area contributed by atoms with Gasteiger partial charge in [-0.3, -0.25) is 0 Å². The van der Waals surface area contributed by atoms with E-state index in [2.05, 4.69) is 203 Å². The van der Waals surface area contributed by atoms with Gasteiger partial charge in [-0.05, 0) is 98.4 Å². The molecule has 0 spiro atoms. The van der Waals surface area contributed by atoms with Crippen molar-refractivity contribution in [1.82, 2.24) is 9.13 Å². The van der Waals surface area contributed by atoms with Crippen molar-refractivity contribution in [2.45, 2.75) is 0 Å². The van der Waals surface area contributed by atoms with Crippen LogP contribution in [0.4, 0.5) is 0 Å². The minimum Gasteiger partial charge on any atom is -0.309 e. The lowest BCUT2D eigenvalue weighted by Crippen LogP contribution is -1.95. The van der Waals surface area contributed by atoms with Crippen LogP contribution in [0.2, 0.25) is 0 Å². The lowest BCUT2D eigenvalue weighted by atomic mass is 9.97. The molecule has 2 heterocycles. The summed E-state index contributed by atoms with van der Waals surface area (Å²) in [5.74, 6) is 0. The second-order valence-electron chi connectivity index (χ2n) is 13.8. The van der Waals surface area contributed by atoms with Gasteiger partial charge >= 0.3 is 0 Å². The zero-order valence-corrected chi connectivity index (χ0v) is 28.4. The lowest BCUT2D eigenvalue weighted by molar-refractivity contribution is 1.18. The number of fused-ring (bicyclic) bond motifs is 9. The molecule has 0 aliphatic carbocycles. The molecule has 0 saturated carbocycles. The predicted molar refractivity (Wildman–Crippen MR) is 221 cm³/mol. The van der Waals surface area contributed by atoms with Crippen LogP contribution in [-0.4, -0.2) is 9.13 Å². The van der Waals surface area contributed by atoms with Crippen molar-refractivity contribution >= 4 is 65.2 Å². The third kappa shape index (κ3) is 4.38. The number of aromatic nitrogens is 2. The Morgan fingerprint density at radius 2 is 0.808 bits per heavy atom. The van der Waals surface area contributed by atoms with Gasteiger partial charge in [0.15, 0.2) is 0 Å². The van der Waals surface area contributed by atoms with Crippen molar-refractivity contribution in [1.29, 1.82) is 0 Å². The molecular formula is C50H32N2. The molecule has 0 atom stereocenters. The van der Waals surface area contributed by atoms with Gasteiger partial charge in [0, 0.05) is 32.9 Å². The SMILES string of the molecule is c1ccc(-c2ccc3cc(-c4ccc(-n5c6ccccc6c6c5ccc5c7ccccc7n(-c7ccc8ccccc8c7)c56)cc4)ccc3c2)cc1. The molecule has 52 heavy (non-hydrogen) atoms. The summed E-state index contributed by atoms with van der Waals surface area (Å²) in [6.07, 6.45) is 0. The molecule has 0 unspecified atom stereocenters. The van der Waals surface area contributed by atoms with E-state index in [-0.39, 0.29) is 0 Å². The first-order valence-electron chi connectivity index (χ1n) is 17.9. The third-order valence-corrected chi connectivity index (χ3v) is 10.9. The molecule has 2 aromatic heterocycles. The van der Waals surface area contributed by atoms with Crippen LogP contribution in [-0.2, 0) is 0 Å². The van der Waals surface area contributed by atoms with Crippen LogP contribution in [0.5, 0.6) is 0 Å². The van der Waals surface area contributed by atoms with Gasteiger partial charge in [0.25, 0.3) is 0 Å². The molecule has 11 aromatic rings. The van der Waals surface area contributed by atoms with E-state index in [1.165, 1.54) is 93.1 Å². The van der Waals surface area contributed by atoms with E-state index in [1.54, 1.807) is 0 Å². The van der Waals surface area contributed by atoms with E-state index < -0.39 is 0 Å². The van der Waals surface area contributed by atoms with Crippen LogP contribution in [0, 0.1) is 0 Å². The van der Waals surface area contributed by atoms with Gasteiger partial charge in [0.05, 0.1) is 22.1 Å². The number of rotatable bonds is 4. The highest BCUT2D eigenvalue weighted by molar-refractivity contribution is 6.26. The van der Waals surface area contributed by atoms with Gasteiger partial charge in [-0.25, -0.2) is 0 Å². The van der Waals surface area contributed by atoms with E-state index in [0.717, 1.165) is 5.69 Å². The average Bonchev–Trinajstić information content (AvgIpc) is 3.74. The minimum absolute atomic E-state index is 1.15. The zero-order chi connectivity index (χ0) is 34.2. The molecule has 242 valence electrons. The Kier molecular flexibility index (Phi) is 6.28. The molecule has 0 bridgehead atoms. The fourth-order valence-electron chi connectivity index (χ4n) is 8.41. The molecule has 0 N–H and O–H groups in total. The lowest BCUT2D eigenvalue weighted by Gasteiger charge is -2.12. The van der Waals surface area contributed by atoms with E-state index in [4.69, 9.17) is 0 Å². The van der Waals surface area contributed by atoms with Gasteiger partial charge in [0.2, 0.25) is 0 Å². The number of para-hydroxylation sites is 2. The van der Waals surface area contributed by atoms with E-state index in [0.29, 0.717) is 0 Å². The average molecular weight is 661 g/mol. The van der Waals surface area contributed by atoms with Gasteiger partial charge in [-0.1, -0.05) is 140 Å². The zero-order valence-electron chi connectivity index (χ0n) is 28.4. The first-order chi connectivity index (χ1) is 25.8. The number of nitrogens with zero attached hydrogens (tertiary/aromatic N) is 2. The normalized spacial score (nSPS) is 11.8. The second kappa shape index (κ2) is 11.3. The molecule has 0 saturated heterocycles. The smallest absolute Gasteiger partial charge is 0.0641 e. The predicted octanol–water partition coefficient (Wildman–Crippen LogP) is 13.5. The summed E-state index contributed by atoms with van der Waals surface area (Å²) in [7, 11) is 0. The second-order valence-corrected chi connectivity index (χ2v) is 13.8. The topological polar surface area (TPSA) is 9.86 Å². The largest absolute Gasteiger partial charge is 0.309 e. The quantitative estimate of drug-likeness (QED) is 0.178. The molecule has 0 amide bonds. The molecule has 0 aliphatic rings. The summed E-state index contributed by atoms with van der Waals surface area (Å²) >= 11 is 0. The molecule has 0 fully saturated rings. The summed E-state index contributed by atoms with van der Waals surface area (Å²) in [4.78, 5) is 0. The van der Waals surface area contributed by atoms with Crippen molar-refractivity contribution < 1.29 is 0 Å². The molecule has 0 aliphatic heterocycles. The molecular weight excluding hydrogens is 629 g/mol. The summed E-state index contributed by atoms with van der Waals surface area (Å²) in [5.41, 5.74) is 12.1. The summed E-state index contributed by atoms with van der Waals surface area (Å²) in [6, 6.07) is 71.0. The standard InChI is InChI=1S/C50H32N2/c1-2-10-33(11-3-1)37-18-20-40-31-38(19-21-39(40)30-37)35-22-25-41(26-23-35)51-47-17-9-7-15-45(47)49-48(51)29-28-44-43-14-6-8-16-46(43)52(50(44)49)42-27-24-34-12-4-5-13-36(34)32-42/h1-32H. The van der Waals surface area contributed by atoms with Gasteiger partial charge in [0.1, 0.15) is 0 Å². The number of benzene rings is 9. The van der Waals surface area contributed by atoms with Crippen molar-refractivity contribution in [3.8, 4) is 33.6 Å². The van der Waals surface area contributed by atoms with Crippen LogP contribution < -0.4 is 0 Å². The highest BCUT2D eigenvalue weighted by atomic mass is 15.0. The van der Waals surface area contributed by atoms with Crippen LogP contribution in [0.15, 0.2) is 194 Å². The Morgan fingerprint density at radius 3 is 1.56 bits per heavy atom. The molecule has 2 heteroatoms. The van der Waals surface area contributed by atoms with Crippen LogP contribution >= 0.6 is 0 Å².